The quantitative estimate of drug-likeness (QED) is 0.849. The molecule has 1 fully saturated rings. The lowest BCUT2D eigenvalue weighted by Gasteiger charge is -2.21. The molecule has 6 heteroatoms. The summed E-state index contributed by atoms with van der Waals surface area (Å²) < 4.78 is 6.00. The van der Waals surface area contributed by atoms with Crippen molar-refractivity contribution in [3.8, 4) is 5.75 Å². The minimum Gasteiger partial charge on any atom is -0.496 e. The van der Waals surface area contributed by atoms with Gasteiger partial charge >= 0.3 is 0 Å². The minimum absolute atomic E-state index is 0.0469. The first kappa shape index (κ1) is 15.7. The molecule has 1 aliphatic rings. The van der Waals surface area contributed by atoms with Crippen LogP contribution in [0.1, 0.15) is 12.8 Å². The van der Waals surface area contributed by atoms with E-state index in [1.807, 2.05) is 18.2 Å². The molecule has 0 spiro atoms. The molecule has 0 saturated carbocycles. The predicted octanol–water partition coefficient (Wildman–Crippen LogP) is 2.88. The molecule has 110 valence electrons. The van der Waals surface area contributed by atoms with E-state index in [1.54, 1.807) is 18.9 Å². The molecular formula is C14H19BrN2O2S. The number of nitrogens with one attached hydrogen (secondary N) is 2. The van der Waals surface area contributed by atoms with Crippen LogP contribution in [0.2, 0.25) is 0 Å². The first-order valence-electron chi connectivity index (χ1n) is 6.65. The monoisotopic (exact) mass is 358 g/mol. The van der Waals surface area contributed by atoms with Crippen molar-refractivity contribution in [2.45, 2.75) is 18.1 Å². The summed E-state index contributed by atoms with van der Waals surface area (Å²) in [6.07, 6.45) is 2.29. The van der Waals surface area contributed by atoms with Gasteiger partial charge in [-0.05, 0) is 60.1 Å². The summed E-state index contributed by atoms with van der Waals surface area (Å²) in [5, 5.41) is 6.84. The minimum atomic E-state index is 0.0469. The van der Waals surface area contributed by atoms with Crippen LogP contribution in [0.15, 0.2) is 22.7 Å². The average molecular weight is 359 g/mol. The zero-order valence-electron chi connectivity index (χ0n) is 11.4. The summed E-state index contributed by atoms with van der Waals surface area (Å²) in [4.78, 5) is 11.9. The summed E-state index contributed by atoms with van der Waals surface area (Å²) in [5.41, 5.74) is 0.786. The molecule has 1 saturated heterocycles. The van der Waals surface area contributed by atoms with Crippen molar-refractivity contribution < 1.29 is 9.53 Å². The smallest absolute Gasteiger partial charge is 0.234 e. The number of halogens is 1. The SMILES string of the molecule is COc1ccc(NC(=O)CSC2CCNCC2)cc1Br. The molecular weight excluding hydrogens is 340 g/mol. The molecule has 0 radical (unpaired) electrons. The van der Waals surface area contributed by atoms with E-state index in [1.165, 1.54) is 0 Å². The van der Waals surface area contributed by atoms with Crippen LogP contribution in [-0.4, -0.2) is 37.1 Å². The van der Waals surface area contributed by atoms with E-state index in [2.05, 4.69) is 26.6 Å². The summed E-state index contributed by atoms with van der Waals surface area (Å²) in [7, 11) is 1.62. The van der Waals surface area contributed by atoms with Crippen molar-refractivity contribution in [2.75, 3.05) is 31.3 Å². The molecule has 1 aromatic rings. The molecule has 1 amide bonds. The second kappa shape index (κ2) is 7.90. The molecule has 0 unspecified atom stereocenters. The number of ether oxygens (including phenoxy) is 1. The van der Waals surface area contributed by atoms with Gasteiger partial charge in [-0.1, -0.05) is 0 Å². The van der Waals surface area contributed by atoms with Crippen molar-refractivity contribution in [3.63, 3.8) is 0 Å². The number of thioether (sulfide) groups is 1. The number of rotatable bonds is 5. The number of carbonyl (C=O) groups is 1. The van der Waals surface area contributed by atoms with E-state index in [-0.39, 0.29) is 5.91 Å². The maximum atomic E-state index is 11.9. The standard InChI is InChI=1S/C14H19BrN2O2S/c1-19-13-3-2-10(8-12(13)15)17-14(18)9-20-11-4-6-16-7-5-11/h2-3,8,11,16H,4-7,9H2,1H3,(H,17,18). The van der Waals surface area contributed by atoms with E-state index in [0.29, 0.717) is 11.0 Å². The Balaban J connectivity index is 1.80. The highest BCUT2D eigenvalue weighted by Crippen LogP contribution is 2.28. The van der Waals surface area contributed by atoms with Crippen LogP contribution in [0.5, 0.6) is 5.75 Å². The Bertz CT molecular complexity index is 464. The second-order valence-corrected chi connectivity index (χ2v) is 6.80. The molecule has 2 N–H and O–H groups in total. The zero-order valence-corrected chi connectivity index (χ0v) is 13.9. The number of methoxy groups -OCH3 is 1. The van der Waals surface area contributed by atoms with Gasteiger partial charge in [0.15, 0.2) is 0 Å². The van der Waals surface area contributed by atoms with Gasteiger partial charge in [0.2, 0.25) is 5.91 Å². The Morgan fingerprint density at radius 3 is 2.90 bits per heavy atom. The Morgan fingerprint density at radius 2 is 2.25 bits per heavy atom. The predicted molar refractivity (Wildman–Crippen MR) is 87.7 cm³/mol. The lowest BCUT2D eigenvalue weighted by atomic mass is 10.2. The number of amides is 1. The summed E-state index contributed by atoms with van der Waals surface area (Å²) in [6, 6.07) is 5.53. The molecule has 1 aromatic carbocycles. The highest BCUT2D eigenvalue weighted by atomic mass is 79.9. The summed E-state index contributed by atoms with van der Waals surface area (Å²) in [5.74, 6) is 1.31. The molecule has 0 aliphatic carbocycles. The summed E-state index contributed by atoms with van der Waals surface area (Å²) >= 11 is 5.16. The second-order valence-electron chi connectivity index (χ2n) is 4.66. The zero-order chi connectivity index (χ0) is 14.4. The number of anilines is 1. The molecule has 4 nitrogen and oxygen atoms in total. The maximum Gasteiger partial charge on any atom is 0.234 e. The Kier molecular flexibility index (Phi) is 6.19. The Labute approximate surface area is 132 Å². The maximum absolute atomic E-state index is 11.9. The van der Waals surface area contributed by atoms with Crippen LogP contribution in [0.4, 0.5) is 5.69 Å². The molecule has 0 atom stereocenters. The fourth-order valence-electron chi connectivity index (χ4n) is 2.10. The lowest BCUT2D eigenvalue weighted by Crippen LogP contribution is -2.30. The number of hydrogen-bond donors (Lipinski definition) is 2. The average Bonchev–Trinajstić information content (AvgIpc) is 2.46. The molecule has 1 aliphatic heterocycles. The van der Waals surface area contributed by atoms with Gasteiger partial charge in [-0.3, -0.25) is 4.79 Å². The van der Waals surface area contributed by atoms with Gasteiger partial charge in [0.1, 0.15) is 5.75 Å². The topological polar surface area (TPSA) is 50.4 Å². The molecule has 0 aromatic heterocycles. The largest absolute Gasteiger partial charge is 0.496 e. The van der Waals surface area contributed by atoms with Crippen LogP contribution in [0.3, 0.4) is 0 Å². The molecule has 2 rings (SSSR count). The van der Waals surface area contributed by atoms with Gasteiger partial charge in [-0.15, -0.1) is 11.8 Å². The van der Waals surface area contributed by atoms with Crippen LogP contribution in [0.25, 0.3) is 0 Å². The van der Waals surface area contributed by atoms with Gasteiger partial charge < -0.3 is 15.4 Å². The van der Waals surface area contributed by atoms with Crippen LogP contribution in [0, 0.1) is 0 Å². The van der Waals surface area contributed by atoms with E-state index < -0.39 is 0 Å². The third kappa shape index (κ3) is 4.68. The van der Waals surface area contributed by atoms with Crippen molar-refractivity contribution in [1.82, 2.24) is 5.32 Å². The van der Waals surface area contributed by atoms with Crippen LogP contribution >= 0.6 is 27.7 Å². The van der Waals surface area contributed by atoms with Crippen molar-refractivity contribution in [1.29, 1.82) is 0 Å². The van der Waals surface area contributed by atoms with Crippen molar-refractivity contribution >= 4 is 39.3 Å². The lowest BCUT2D eigenvalue weighted by molar-refractivity contribution is -0.113. The third-order valence-corrected chi connectivity index (χ3v) is 5.16. The van der Waals surface area contributed by atoms with Gasteiger partial charge in [0.05, 0.1) is 17.3 Å². The first-order valence-corrected chi connectivity index (χ1v) is 8.49. The highest BCUT2D eigenvalue weighted by Gasteiger charge is 2.15. The first-order chi connectivity index (χ1) is 9.69. The van der Waals surface area contributed by atoms with E-state index in [9.17, 15) is 4.79 Å². The van der Waals surface area contributed by atoms with Gasteiger partial charge in [0, 0.05) is 10.9 Å². The van der Waals surface area contributed by atoms with Crippen molar-refractivity contribution in [2.24, 2.45) is 0 Å². The van der Waals surface area contributed by atoms with E-state index in [0.717, 1.165) is 41.8 Å². The fourth-order valence-corrected chi connectivity index (χ4v) is 3.67. The Hall–Kier alpha value is -0.720. The third-order valence-electron chi connectivity index (χ3n) is 3.17. The molecule has 1 heterocycles. The van der Waals surface area contributed by atoms with Gasteiger partial charge in [-0.25, -0.2) is 0 Å². The van der Waals surface area contributed by atoms with Gasteiger partial charge in [0.25, 0.3) is 0 Å². The van der Waals surface area contributed by atoms with Crippen LogP contribution < -0.4 is 15.4 Å². The number of benzene rings is 1. The number of hydrogen-bond acceptors (Lipinski definition) is 4. The van der Waals surface area contributed by atoms with Crippen LogP contribution in [-0.2, 0) is 4.79 Å². The number of carbonyl (C=O) groups excluding carboxylic acids is 1. The Morgan fingerprint density at radius 1 is 1.50 bits per heavy atom. The number of piperidine rings is 1. The normalized spacial score (nSPS) is 15.9. The van der Waals surface area contributed by atoms with Crippen molar-refractivity contribution in [3.05, 3.63) is 22.7 Å². The van der Waals surface area contributed by atoms with E-state index >= 15 is 0 Å². The highest BCUT2D eigenvalue weighted by molar-refractivity contribution is 9.10. The molecule has 20 heavy (non-hydrogen) atoms. The van der Waals surface area contributed by atoms with Gasteiger partial charge in [-0.2, -0.15) is 0 Å². The fraction of sp³-hybridized carbons (Fsp3) is 0.500. The summed E-state index contributed by atoms with van der Waals surface area (Å²) in [6.45, 7) is 2.12. The molecule has 0 bridgehead atoms. The van der Waals surface area contributed by atoms with E-state index in [4.69, 9.17) is 4.74 Å².